The Bertz CT molecular complexity index is 868. The molecule has 0 spiro atoms. The van der Waals surface area contributed by atoms with Gasteiger partial charge in [0.05, 0.1) is 10.7 Å². The third-order valence-corrected chi connectivity index (χ3v) is 6.78. The summed E-state index contributed by atoms with van der Waals surface area (Å²) >= 11 is 1.41. The quantitative estimate of drug-likeness (QED) is 0.790. The molecular formula is C21H24FN3O2S. The maximum atomic E-state index is 13.1. The number of thiazole rings is 1. The molecule has 1 aromatic carbocycles. The van der Waals surface area contributed by atoms with E-state index in [1.54, 1.807) is 12.1 Å². The van der Waals surface area contributed by atoms with Crippen molar-refractivity contribution < 1.29 is 14.0 Å². The highest BCUT2D eigenvalue weighted by atomic mass is 32.1. The van der Waals surface area contributed by atoms with Gasteiger partial charge in [-0.15, -0.1) is 11.3 Å². The maximum absolute atomic E-state index is 13.1. The largest absolute Gasteiger partial charge is 0.339 e. The lowest BCUT2D eigenvalue weighted by atomic mass is 9.84. The zero-order valence-corrected chi connectivity index (χ0v) is 16.8. The highest BCUT2D eigenvalue weighted by Crippen LogP contribution is 2.29. The van der Waals surface area contributed by atoms with Crippen LogP contribution < -0.4 is 0 Å². The number of carbonyl (C=O) groups excluding carboxylic acids is 2. The lowest BCUT2D eigenvalue weighted by Crippen LogP contribution is -2.52. The Morgan fingerprint density at radius 3 is 2.36 bits per heavy atom. The second kappa shape index (κ2) is 7.99. The monoisotopic (exact) mass is 401 g/mol. The van der Waals surface area contributed by atoms with Crippen molar-refractivity contribution in [3.05, 3.63) is 51.2 Å². The predicted octanol–water partition coefficient (Wildman–Crippen LogP) is 3.27. The topological polar surface area (TPSA) is 53.5 Å². The number of amides is 2. The van der Waals surface area contributed by atoms with Gasteiger partial charge in [0.25, 0.3) is 5.91 Å². The maximum Gasteiger partial charge on any atom is 0.265 e. The fraction of sp³-hybridized carbons (Fsp3) is 0.476. The van der Waals surface area contributed by atoms with Gasteiger partial charge in [-0.3, -0.25) is 9.59 Å². The van der Waals surface area contributed by atoms with E-state index in [2.05, 4.69) is 4.98 Å². The molecule has 28 heavy (non-hydrogen) atoms. The van der Waals surface area contributed by atoms with Gasteiger partial charge >= 0.3 is 0 Å². The molecule has 0 bridgehead atoms. The molecule has 2 fully saturated rings. The molecule has 1 aliphatic carbocycles. The fourth-order valence-electron chi connectivity index (χ4n) is 3.69. The average molecular weight is 402 g/mol. The van der Waals surface area contributed by atoms with Crippen molar-refractivity contribution in [2.75, 3.05) is 26.2 Å². The molecule has 1 aromatic heterocycles. The van der Waals surface area contributed by atoms with Gasteiger partial charge in [-0.25, -0.2) is 9.37 Å². The van der Waals surface area contributed by atoms with Gasteiger partial charge in [-0.2, -0.15) is 0 Å². The summed E-state index contributed by atoms with van der Waals surface area (Å²) in [5.41, 5.74) is 1.71. The van der Waals surface area contributed by atoms with Crippen molar-refractivity contribution in [2.45, 2.75) is 32.6 Å². The van der Waals surface area contributed by atoms with Gasteiger partial charge in [0.2, 0.25) is 5.91 Å². The van der Waals surface area contributed by atoms with E-state index in [9.17, 15) is 14.0 Å². The molecule has 1 saturated heterocycles. The zero-order chi connectivity index (χ0) is 19.7. The van der Waals surface area contributed by atoms with Gasteiger partial charge in [0.15, 0.2) is 0 Å². The van der Waals surface area contributed by atoms with Crippen LogP contribution in [0.15, 0.2) is 24.3 Å². The fourth-order valence-corrected chi connectivity index (χ4v) is 4.76. The van der Waals surface area contributed by atoms with Crippen LogP contribution in [0, 0.1) is 18.7 Å². The summed E-state index contributed by atoms with van der Waals surface area (Å²) in [6, 6.07) is 6.36. The first kappa shape index (κ1) is 19.1. The lowest BCUT2D eigenvalue weighted by molar-refractivity contribution is -0.139. The number of piperazine rings is 1. The molecule has 0 N–H and O–H groups in total. The Balaban J connectivity index is 1.37. The number of halogens is 1. The first-order valence-corrected chi connectivity index (χ1v) is 10.6. The summed E-state index contributed by atoms with van der Waals surface area (Å²) in [5, 5.41) is 0.853. The molecule has 4 rings (SSSR count). The standard InChI is InChI=1S/C21H24FN3O2S/c1-14-19(28-18(23-14)13-15-5-7-17(22)8-6-15)21(27)25-11-9-24(10-12-25)20(26)16-3-2-4-16/h5-8,16H,2-4,9-13H2,1H3. The molecule has 1 saturated carbocycles. The Morgan fingerprint density at radius 1 is 1.11 bits per heavy atom. The van der Waals surface area contributed by atoms with Crippen molar-refractivity contribution in [3.63, 3.8) is 0 Å². The van der Waals surface area contributed by atoms with E-state index in [0.29, 0.717) is 37.5 Å². The second-order valence-corrected chi connectivity index (χ2v) is 8.65. The molecule has 0 radical (unpaired) electrons. The van der Waals surface area contributed by atoms with E-state index in [1.807, 2.05) is 16.7 Å². The van der Waals surface area contributed by atoms with Crippen molar-refractivity contribution in [3.8, 4) is 0 Å². The first-order chi connectivity index (χ1) is 13.5. The summed E-state index contributed by atoms with van der Waals surface area (Å²) in [7, 11) is 0. The van der Waals surface area contributed by atoms with Crippen molar-refractivity contribution in [1.82, 2.24) is 14.8 Å². The molecule has 0 unspecified atom stereocenters. The smallest absolute Gasteiger partial charge is 0.265 e. The van der Waals surface area contributed by atoms with E-state index in [0.717, 1.165) is 35.5 Å². The van der Waals surface area contributed by atoms with E-state index in [1.165, 1.54) is 23.5 Å². The molecular weight excluding hydrogens is 377 g/mol. The third kappa shape index (κ3) is 3.94. The van der Waals surface area contributed by atoms with Gasteiger partial charge in [0.1, 0.15) is 10.7 Å². The number of hydrogen-bond donors (Lipinski definition) is 0. The Kier molecular flexibility index (Phi) is 5.44. The predicted molar refractivity (Wildman–Crippen MR) is 106 cm³/mol. The lowest BCUT2D eigenvalue weighted by Gasteiger charge is -2.38. The van der Waals surface area contributed by atoms with Gasteiger partial charge < -0.3 is 9.80 Å². The number of nitrogens with zero attached hydrogens (tertiary/aromatic N) is 3. The normalized spacial score (nSPS) is 17.5. The average Bonchev–Trinajstić information content (AvgIpc) is 3.02. The van der Waals surface area contributed by atoms with Crippen LogP contribution in [-0.4, -0.2) is 52.8 Å². The Morgan fingerprint density at radius 2 is 1.75 bits per heavy atom. The summed E-state index contributed by atoms with van der Waals surface area (Å²) in [6.07, 6.45) is 3.76. The minimum Gasteiger partial charge on any atom is -0.339 e. The Labute approximate surface area is 168 Å². The van der Waals surface area contributed by atoms with Crippen LogP contribution in [0.1, 0.15) is 45.2 Å². The van der Waals surface area contributed by atoms with Gasteiger partial charge in [-0.1, -0.05) is 18.6 Å². The van der Waals surface area contributed by atoms with E-state index in [4.69, 9.17) is 0 Å². The van der Waals surface area contributed by atoms with Crippen LogP contribution >= 0.6 is 11.3 Å². The molecule has 2 amide bonds. The summed E-state index contributed by atoms with van der Waals surface area (Å²) in [5.74, 6) is 0.204. The van der Waals surface area contributed by atoms with Crippen molar-refractivity contribution in [2.24, 2.45) is 5.92 Å². The van der Waals surface area contributed by atoms with Crippen LogP contribution in [0.25, 0.3) is 0 Å². The van der Waals surface area contributed by atoms with Crippen LogP contribution in [-0.2, 0) is 11.2 Å². The summed E-state index contributed by atoms with van der Waals surface area (Å²) < 4.78 is 13.1. The zero-order valence-electron chi connectivity index (χ0n) is 16.0. The highest BCUT2D eigenvalue weighted by Gasteiger charge is 2.32. The minimum absolute atomic E-state index is 0.00361. The second-order valence-electron chi connectivity index (χ2n) is 7.57. The number of aryl methyl sites for hydroxylation is 1. The van der Waals surface area contributed by atoms with E-state index in [-0.39, 0.29) is 23.5 Å². The van der Waals surface area contributed by atoms with Gasteiger partial charge in [0, 0.05) is 38.5 Å². The molecule has 0 atom stereocenters. The van der Waals surface area contributed by atoms with Crippen molar-refractivity contribution in [1.29, 1.82) is 0 Å². The van der Waals surface area contributed by atoms with Crippen LogP contribution in [0.3, 0.4) is 0 Å². The molecule has 2 aliphatic rings. The first-order valence-electron chi connectivity index (χ1n) is 9.80. The molecule has 5 nitrogen and oxygen atoms in total. The number of aromatic nitrogens is 1. The highest BCUT2D eigenvalue weighted by molar-refractivity contribution is 7.13. The number of hydrogen-bond acceptors (Lipinski definition) is 4. The summed E-state index contributed by atoms with van der Waals surface area (Å²) in [6.45, 7) is 4.22. The molecule has 148 valence electrons. The minimum atomic E-state index is -0.259. The van der Waals surface area contributed by atoms with Crippen molar-refractivity contribution >= 4 is 23.2 Å². The van der Waals surface area contributed by atoms with Gasteiger partial charge in [-0.05, 0) is 37.5 Å². The third-order valence-electron chi connectivity index (χ3n) is 5.64. The number of rotatable bonds is 4. The van der Waals surface area contributed by atoms with Crippen LogP contribution in [0.2, 0.25) is 0 Å². The molecule has 1 aliphatic heterocycles. The number of carbonyl (C=O) groups is 2. The molecule has 2 heterocycles. The Hall–Kier alpha value is -2.28. The van der Waals surface area contributed by atoms with Crippen LogP contribution in [0.5, 0.6) is 0 Å². The van der Waals surface area contributed by atoms with Crippen LogP contribution in [0.4, 0.5) is 4.39 Å². The van der Waals surface area contributed by atoms with E-state index < -0.39 is 0 Å². The molecule has 7 heteroatoms. The summed E-state index contributed by atoms with van der Waals surface area (Å²) in [4.78, 5) is 34.3. The molecule has 2 aromatic rings. The SMILES string of the molecule is Cc1nc(Cc2ccc(F)cc2)sc1C(=O)N1CCN(C(=O)C2CCC2)CC1. The number of benzene rings is 1. The van der Waals surface area contributed by atoms with E-state index >= 15 is 0 Å².